The number of aryl methyl sites for hydroxylation is 1. The van der Waals surface area contributed by atoms with Crippen molar-refractivity contribution >= 4 is 5.97 Å². The van der Waals surface area contributed by atoms with Crippen molar-refractivity contribution in [3.05, 3.63) is 36.7 Å². The Kier molecular flexibility index (Phi) is 3.98. The number of carbonyl (C=O) groups is 1. The Labute approximate surface area is 84.0 Å². The number of rotatable bonds is 5. The van der Waals surface area contributed by atoms with Gasteiger partial charge in [0.25, 0.3) is 0 Å². The maximum absolute atomic E-state index is 11.1. The molecule has 0 aliphatic rings. The molecule has 0 fully saturated rings. The van der Waals surface area contributed by atoms with Crippen molar-refractivity contribution in [2.75, 3.05) is 7.11 Å². The van der Waals surface area contributed by atoms with Gasteiger partial charge in [0.15, 0.2) is 0 Å². The summed E-state index contributed by atoms with van der Waals surface area (Å²) >= 11 is 0. The van der Waals surface area contributed by atoms with Crippen molar-refractivity contribution in [3.8, 4) is 0 Å². The van der Waals surface area contributed by atoms with Gasteiger partial charge in [-0.25, -0.2) is 4.79 Å². The largest absolute Gasteiger partial charge is 0.465 e. The summed E-state index contributed by atoms with van der Waals surface area (Å²) in [6, 6.07) is 1.76. The van der Waals surface area contributed by atoms with E-state index >= 15 is 0 Å². The molecule has 0 aliphatic carbocycles. The van der Waals surface area contributed by atoms with Crippen molar-refractivity contribution in [2.45, 2.75) is 19.4 Å². The van der Waals surface area contributed by atoms with Crippen molar-refractivity contribution in [1.29, 1.82) is 0 Å². The molecule has 0 saturated carbocycles. The number of hydrogen-bond acceptors (Lipinski definition) is 2. The van der Waals surface area contributed by atoms with Gasteiger partial charge >= 0.3 is 5.97 Å². The standard InChI is InChI=1S/C11H15NO2/c1-3-4-5-7-12-8-6-10(9-12)11(13)14-2/h3,6,8-9H,1,4-5,7H2,2H3. The summed E-state index contributed by atoms with van der Waals surface area (Å²) in [5.74, 6) is -0.285. The molecule has 0 bridgehead atoms. The first kappa shape index (κ1) is 10.6. The molecule has 14 heavy (non-hydrogen) atoms. The average molecular weight is 193 g/mol. The average Bonchev–Trinajstić information content (AvgIpc) is 2.66. The Morgan fingerprint density at radius 1 is 1.71 bits per heavy atom. The van der Waals surface area contributed by atoms with Gasteiger partial charge in [-0.3, -0.25) is 0 Å². The predicted molar refractivity (Wildman–Crippen MR) is 55.2 cm³/mol. The minimum atomic E-state index is -0.285. The highest BCUT2D eigenvalue weighted by Gasteiger charge is 2.05. The molecule has 1 aromatic heterocycles. The normalized spacial score (nSPS) is 9.79. The van der Waals surface area contributed by atoms with Crippen molar-refractivity contribution in [1.82, 2.24) is 4.57 Å². The molecule has 1 aromatic rings. The second kappa shape index (κ2) is 5.27. The Bertz CT molecular complexity index is 315. The van der Waals surface area contributed by atoms with Crippen LogP contribution in [0.3, 0.4) is 0 Å². The van der Waals surface area contributed by atoms with Crippen LogP contribution >= 0.6 is 0 Å². The van der Waals surface area contributed by atoms with Gasteiger partial charge in [0.05, 0.1) is 12.7 Å². The van der Waals surface area contributed by atoms with Crippen molar-refractivity contribution in [3.63, 3.8) is 0 Å². The first-order chi connectivity index (χ1) is 6.77. The van der Waals surface area contributed by atoms with Crippen LogP contribution < -0.4 is 0 Å². The molecule has 0 N–H and O–H groups in total. The van der Waals surface area contributed by atoms with E-state index in [2.05, 4.69) is 11.3 Å². The molecular formula is C11H15NO2. The topological polar surface area (TPSA) is 31.2 Å². The highest BCUT2D eigenvalue weighted by atomic mass is 16.5. The molecule has 0 aliphatic heterocycles. The van der Waals surface area contributed by atoms with Crippen LogP contribution in [0.4, 0.5) is 0 Å². The minimum Gasteiger partial charge on any atom is -0.465 e. The number of carbonyl (C=O) groups excluding carboxylic acids is 1. The van der Waals surface area contributed by atoms with E-state index in [1.54, 1.807) is 12.3 Å². The van der Waals surface area contributed by atoms with E-state index in [1.165, 1.54) is 7.11 Å². The fourth-order valence-electron chi connectivity index (χ4n) is 1.24. The van der Waals surface area contributed by atoms with Gasteiger partial charge in [0.2, 0.25) is 0 Å². The third kappa shape index (κ3) is 2.76. The van der Waals surface area contributed by atoms with Crippen LogP contribution in [0.1, 0.15) is 23.2 Å². The fourth-order valence-corrected chi connectivity index (χ4v) is 1.24. The number of methoxy groups -OCH3 is 1. The van der Waals surface area contributed by atoms with Gasteiger partial charge in [0.1, 0.15) is 0 Å². The SMILES string of the molecule is C=CCCCn1ccc(C(=O)OC)c1. The number of nitrogens with zero attached hydrogens (tertiary/aromatic N) is 1. The second-order valence-electron chi connectivity index (χ2n) is 3.06. The molecule has 0 spiro atoms. The summed E-state index contributed by atoms with van der Waals surface area (Å²) in [5, 5.41) is 0. The van der Waals surface area contributed by atoms with Crippen molar-refractivity contribution in [2.24, 2.45) is 0 Å². The van der Waals surface area contributed by atoms with E-state index in [9.17, 15) is 4.79 Å². The zero-order valence-corrected chi connectivity index (χ0v) is 8.40. The smallest absolute Gasteiger partial charge is 0.339 e. The van der Waals surface area contributed by atoms with E-state index in [1.807, 2.05) is 16.8 Å². The number of ether oxygens (including phenoxy) is 1. The maximum atomic E-state index is 11.1. The molecule has 0 saturated heterocycles. The predicted octanol–water partition coefficient (Wildman–Crippen LogP) is 2.24. The van der Waals surface area contributed by atoms with Gasteiger partial charge < -0.3 is 9.30 Å². The van der Waals surface area contributed by atoms with Crippen LogP contribution in [-0.2, 0) is 11.3 Å². The lowest BCUT2D eigenvalue weighted by molar-refractivity contribution is 0.0600. The van der Waals surface area contributed by atoms with Crippen LogP contribution in [0.5, 0.6) is 0 Å². The summed E-state index contributed by atoms with van der Waals surface area (Å²) in [5.41, 5.74) is 0.603. The highest BCUT2D eigenvalue weighted by Crippen LogP contribution is 2.04. The maximum Gasteiger partial charge on any atom is 0.339 e. The number of esters is 1. The van der Waals surface area contributed by atoms with Gasteiger partial charge in [-0.1, -0.05) is 6.08 Å². The van der Waals surface area contributed by atoms with Crippen molar-refractivity contribution < 1.29 is 9.53 Å². The molecule has 0 aromatic carbocycles. The minimum absolute atomic E-state index is 0.285. The molecule has 0 unspecified atom stereocenters. The first-order valence-corrected chi connectivity index (χ1v) is 4.63. The number of aromatic nitrogens is 1. The van der Waals surface area contributed by atoms with Gasteiger partial charge in [-0.2, -0.15) is 0 Å². The molecule has 3 nitrogen and oxygen atoms in total. The third-order valence-electron chi connectivity index (χ3n) is 2.00. The first-order valence-electron chi connectivity index (χ1n) is 4.63. The fraction of sp³-hybridized carbons (Fsp3) is 0.364. The second-order valence-corrected chi connectivity index (χ2v) is 3.06. The monoisotopic (exact) mass is 193 g/mol. The Balaban J connectivity index is 2.50. The summed E-state index contributed by atoms with van der Waals surface area (Å²) < 4.78 is 6.59. The van der Waals surface area contributed by atoms with Crippen LogP contribution in [0, 0.1) is 0 Å². The van der Waals surface area contributed by atoms with E-state index in [0.29, 0.717) is 5.56 Å². The van der Waals surface area contributed by atoms with Crippen LogP contribution in [0.15, 0.2) is 31.1 Å². The third-order valence-corrected chi connectivity index (χ3v) is 2.00. The van der Waals surface area contributed by atoms with Gasteiger partial charge in [0, 0.05) is 18.9 Å². The van der Waals surface area contributed by atoms with Gasteiger partial charge in [-0.05, 0) is 18.9 Å². The van der Waals surface area contributed by atoms with Gasteiger partial charge in [-0.15, -0.1) is 6.58 Å². The lowest BCUT2D eigenvalue weighted by Crippen LogP contribution is -2.00. The van der Waals surface area contributed by atoms with Crippen LogP contribution in [-0.4, -0.2) is 17.6 Å². The van der Waals surface area contributed by atoms with E-state index in [4.69, 9.17) is 0 Å². The Morgan fingerprint density at radius 2 is 2.50 bits per heavy atom. The van der Waals surface area contributed by atoms with Crippen LogP contribution in [0.25, 0.3) is 0 Å². The quantitative estimate of drug-likeness (QED) is 0.408. The number of hydrogen-bond donors (Lipinski definition) is 0. The molecular weight excluding hydrogens is 178 g/mol. The van der Waals surface area contributed by atoms with Crippen LogP contribution in [0.2, 0.25) is 0 Å². The molecule has 1 heterocycles. The lowest BCUT2D eigenvalue weighted by atomic mass is 10.3. The molecule has 76 valence electrons. The summed E-state index contributed by atoms with van der Waals surface area (Å²) in [6.45, 7) is 4.56. The summed E-state index contributed by atoms with van der Waals surface area (Å²) in [6.07, 6.45) is 7.61. The number of unbranched alkanes of at least 4 members (excludes halogenated alkanes) is 1. The lowest BCUT2D eigenvalue weighted by Gasteiger charge is -1.99. The molecule has 0 amide bonds. The molecule has 1 rings (SSSR count). The van der Waals surface area contributed by atoms with E-state index < -0.39 is 0 Å². The highest BCUT2D eigenvalue weighted by molar-refractivity contribution is 5.89. The summed E-state index contributed by atoms with van der Waals surface area (Å²) in [7, 11) is 1.39. The zero-order valence-electron chi connectivity index (χ0n) is 8.40. The summed E-state index contributed by atoms with van der Waals surface area (Å²) in [4.78, 5) is 11.1. The van der Waals surface area contributed by atoms with E-state index in [0.717, 1.165) is 19.4 Å². The van der Waals surface area contributed by atoms with E-state index in [-0.39, 0.29) is 5.97 Å². The zero-order chi connectivity index (χ0) is 10.4. The molecule has 3 heteroatoms. The Hall–Kier alpha value is -1.51. The molecule has 0 atom stereocenters. The Morgan fingerprint density at radius 3 is 3.14 bits per heavy atom. The number of allylic oxidation sites excluding steroid dienone is 1. The molecule has 0 radical (unpaired) electrons.